The highest BCUT2D eigenvalue weighted by molar-refractivity contribution is 7.98. The fraction of sp³-hybridized carbons (Fsp3) is 0.0909. The number of aromatic nitrogens is 1. The fourth-order valence-corrected chi connectivity index (χ4v) is 2.46. The van der Waals surface area contributed by atoms with E-state index in [9.17, 15) is 4.79 Å². The number of amides is 1. The maximum Gasteiger partial charge on any atom is 0.268 e. The molecule has 0 saturated heterocycles. The van der Waals surface area contributed by atoms with E-state index in [1.54, 1.807) is 24.4 Å². The summed E-state index contributed by atoms with van der Waals surface area (Å²) in [4.78, 5) is 15.6. The summed E-state index contributed by atoms with van der Waals surface area (Å²) in [6, 6.07) is 5.08. The van der Waals surface area contributed by atoms with Gasteiger partial charge in [-0.05, 0) is 18.2 Å². The van der Waals surface area contributed by atoms with Crippen LogP contribution in [-0.4, -0.2) is 10.9 Å². The molecule has 0 unspecified atom stereocenters. The molecule has 2 heterocycles. The van der Waals surface area contributed by atoms with Crippen LogP contribution in [-0.2, 0) is 5.75 Å². The van der Waals surface area contributed by atoms with Gasteiger partial charge >= 0.3 is 0 Å². The highest BCUT2D eigenvalue weighted by Gasteiger charge is 2.14. The van der Waals surface area contributed by atoms with Crippen LogP contribution in [0.4, 0.5) is 0 Å². The standard InChI is InChI=1S/C11H10ClN3O2S/c12-8-2-1-4-14-11(8)18-6-9-7(3-5-17-9)10(16)15-13/h1-5H,6,13H2,(H,15,16). The quantitative estimate of drug-likeness (QED) is 0.389. The zero-order valence-electron chi connectivity index (χ0n) is 9.22. The first-order valence-corrected chi connectivity index (χ1v) is 6.39. The number of hydrogen-bond acceptors (Lipinski definition) is 5. The molecule has 1 amide bonds. The second-order valence-electron chi connectivity index (χ2n) is 3.31. The molecule has 2 aromatic heterocycles. The topological polar surface area (TPSA) is 81.1 Å². The van der Waals surface area contributed by atoms with E-state index in [2.05, 4.69) is 10.4 Å². The molecule has 7 heteroatoms. The summed E-state index contributed by atoms with van der Waals surface area (Å²) in [5, 5.41) is 1.26. The number of rotatable bonds is 4. The van der Waals surface area contributed by atoms with Crippen molar-refractivity contribution in [2.24, 2.45) is 5.84 Å². The van der Waals surface area contributed by atoms with E-state index >= 15 is 0 Å². The number of halogens is 1. The van der Waals surface area contributed by atoms with Gasteiger partial charge in [-0.1, -0.05) is 23.4 Å². The Labute approximate surface area is 113 Å². The summed E-state index contributed by atoms with van der Waals surface area (Å²) in [5.41, 5.74) is 2.48. The first-order valence-electron chi connectivity index (χ1n) is 5.03. The van der Waals surface area contributed by atoms with E-state index in [0.29, 0.717) is 27.1 Å². The molecule has 0 radical (unpaired) electrons. The average Bonchev–Trinajstić information content (AvgIpc) is 2.85. The van der Waals surface area contributed by atoms with Gasteiger partial charge in [0.1, 0.15) is 10.8 Å². The molecule has 0 saturated carbocycles. The normalized spacial score (nSPS) is 10.3. The Balaban J connectivity index is 2.09. The van der Waals surface area contributed by atoms with Crippen LogP contribution in [0.1, 0.15) is 16.1 Å². The van der Waals surface area contributed by atoms with E-state index in [0.717, 1.165) is 0 Å². The molecule has 5 nitrogen and oxygen atoms in total. The SMILES string of the molecule is NNC(=O)c1ccoc1CSc1ncccc1Cl. The molecule has 0 aliphatic carbocycles. The molecule has 0 fully saturated rings. The molecular weight excluding hydrogens is 274 g/mol. The lowest BCUT2D eigenvalue weighted by Gasteiger charge is -2.02. The Morgan fingerprint density at radius 2 is 2.39 bits per heavy atom. The molecule has 0 aliphatic rings. The van der Waals surface area contributed by atoms with Gasteiger partial charge in [0.05, 0.1) is 22.6 Å². The van der Waals surface area contributed by atoms with E-state index in [-0.39, 0.29) is 5.91 Å². The van der Waals surface area contributed by atoms with Crippen LogP contribution in [0, 0.1) is 0 Å². The van der Waals surface area contributed by atoms with Crippen LogP contribution >= 0.6 is 23.4 Å². The fourth-order valence-electron chi connectivity index (χ4n) is 1.34. The first kappa shape index (κ1) is 12.9. The largest absolute Gasteiger partial charge is 0.468 e. The summed E-state index contributed by atoms with van der Waals surface area (Å²) in [5.74, 6) is 5.68. The summed E-state index contributed by atoms with van der Waals surface area (Å²) in [6.45, 7) is 0. The summed E-state index contributed by atoms with van der Waals surface area (Å²) in [6.07, 6.45) is 3.10. The highest BCUT2D eigenvalue weighted by Crippen LogP contribution is 2.28. The first-order chi connectivity index (χ1) is 8.72. The molecule has 0 atom stereocenters. The van der Waals surface area contributed by atoms with Gasteiger partial charge in [0, 0.05) is 6.20 Å². The number of carbonyl (C=O) groups excluding carboxylic acids is 1. The predicted molar refractivity (Wildman–Crippen MR) is 69.2 cm³/mol. The van der Waals surface area contributed by atoms with Crippen LogP contribution in [0.25, 0.3) is 0 Å². The van der Waals surface area contributed by atoms with Crippen LogP contribution < -0.4 is 11.3 Å². The highest BCUT2D eigenvalue weighted by atomic mass is 35.5. The second kappa shape index (κ2) is 5.90. The molecular formula is C11H10ClN3O2S. The predicted octanol–water partition coefficient (Wildman–Crippen LogP) is 2.22. The van der Waals surface area contributed by atoms with E-state index in [1.165, 1.54) is 18.0 Å². The van der Waals surface area contributed by atoms with Crippen molar-refractivity contribution in [3.8, 4) is 0 Å². The Bertz CT molecular complexity index is 559. The molecule has 2 aromatic rings. The summed E-state index contributed by atoms with van der Waals surface area (Å²) < 4.78 is 5.24. The third-order valence-electron chi connectivity index (χ3n) is 2.19. The molecule has 18 heavy (non-hydrogen) atoms. The van der Waals surface area contributed by atoms with Crippen LogP contribution in [0.15, 0.2) is 40.1 Å². The van der Waals surface area contributed by atoms with Gasteiger partial charge < -0.3 is 4.42 Å². The van der Waals surface area contributed by atoms with Crippen molar-refractivity contribution in [2.75, 3.05) is 0 Å². The summed E-state index contributed by atoms with van der Waals surface area (Å²) in [7, 11) is 0. The van der Waals surface area contributed by atoms with Crippen LogP contribution in [0.3, 0.4) is 0 Å². The van der Waals surface area contributed by atoms with Crippen molar-refractivity contribution >= 4 is 29.3 Å². The number of thioether (sulfide) groups is 1. The zero-order valence-corrected chi connectivity index (χ0v) is 10.8. The van der Waals surface area contributed by atoms with Gasteiger partial charge in [-0.3, -0.25) is 10.2 Å². The molecule has 0 aliphatic heterocycles. The van der Waals surface area contributed by atoms with Crippen molar-refractivity contribution in [1.29, 1.82) is 0 Å². The smallest absolute Gasteiger partial charge is 0.268 e. The van der Waals surface area contributed by atoms with Crippen molar-refractivity contribution < 1.29 is 9.21 Å². The average molecular weight is 284 g/mol. The Morgan fingerprint density at radius 1 is 1.56 bits per heavy atom. The van der Waals surface area contributed by atoms with E-state index < -0.39 is 0 Å². The van der Waals surface area contributed by atoms with Crippen molar-refractivity contribution in [3.63, 3.8) is 0 Å². The molecule has 94 valence electrons. The molecule has 0 aromatic carbocycles. The van der Waals surface area contributed by atoms with Gasteiger partial charge in [-0.2, -0.15) is 0 Å². The minimum atomic E-state index is -0.383. The van der Waals surface area contributed by atoms with Crippen molar-refractivity contribution in [1.82, 2.24) is 10.4 Å². The monoisotopic (exact) mass is 283 g/mol. The van der Waals surface area contributed by atoms with Crippen molar-refractivity contribution in [3.05, 3.63) is 47.0 Å². The number of furan rings is 1. The lowest BCUT2D eigenvalue weighted by Crippen LogP contribution is -2.30. The molecule has 0 bridgehead atoms. The van der Waals surface area contributed by atoms with E-state index in [1.807, 2.05) is 0 Å². The van der Waals surface area contributed by atoms with E-state index in [4.69, 9.17) is 21.9 Å². The number of carbonyl (C=O) groups is 1. The lowest BCUT2D eigenvalue weighted by atomic mass is 10.2. The minimum absolute atomic E-state index is 0.383. The van der Waals surface area contributed by atoms with Gasteiger partial charge in [0.2, 0.25) is 0 Å². The molecule has 2 rings (SSSR count). The third kappa shape index (κ3) is 2.84. The Kier molecular flexibility index (Phi) is 4.24. The van der Waals surface area contributed by atoms with Gasteiger partial charge in [0.25, 0.3) is 5.91 Å². The number of nitrogens with zero attached hydrogens (tertiary/aromatic N) is 1. The number of nitrogens with two attached hydrogens (primary N) is 1. The molecule has 3 N–H and O–H groups in total. The molecule has 0 spiro atoms. The summed E-state index contributed by atoms with van der Waals surface area (Å²) >= 11 is 7.37. The third-order valence-corrected chi connectivity index (χ3v) is 3.61. The van der Waals surface area contributed by atoms with Gasteiger partial charge in [-0.15, -0.1) is 0 Å². The lowest BCUT2D eigenvalue weighted by molar-refractivity contribution is 0.0952. The number of pyridine rings is 1. The maximum atomic E-state index is 11.4. The maximum absolute atomic E-state index is 11.4. The number of hydrazine groups is 1. The van der Waals surface area contributed by atoms with Gasteiger partial charge in [-0.25, -0.2) is 10.8 Å². The second-order valence-corrected chi connectivity index (χ2v) is 4.68. The number of nitrogen functional groups attached to an aromatic ring is 1. The zero-order chi connectivity index (χ0) is 13.0. The Morgan fingerprint density at radius 3 is 3.11 bits per heavy atom. The van der Waals surface area contributed by atoms with Crippen LogP contribution in [0.5, 0.6) is 0 Å². The van der Waals surface area contributed by atoms with Crippen molar-refractivity contribution in [2.45, 2.75) is 10.8 Å². The van der Waals surface area contributed by atoms with Crippen LogP contribution in [0.2, 0.25) is 5.02 Å². The number of hydrogen-bond donors (Lipinski definition) is 2. The minimum Gasteiger partial charge on any atom is -0.468 e. The number of nitrogens with one attached hydrogen (secondary N) is 1. The van der Waals surface area contributed by atoms with Gasteiger partial charge in [0.15, 0.2) is 0 Å². The Hall–Kier alpha value is -1.50.